The van der Waals surface area contributed by atoms with Gasteiger partial charge < -0.3 is 15.7 Å². The van der Waals surface area contributed by atoms with Gasteiger partial charge in [0, 0.05) is 17.2 Å². The number of carbonyl (C=O) groups is 3. The molecule has 0 heterocycles. The number of carboxylic acid groups (broad SMARTS) is 1. The van der Waals surface area contributed by atoms with E-state index in [9.17, 15) is 14.4 Å². The summed E-state index contributed by atoms with van der Waals surface area (Å²) < 4.78 is 0. The molecule has 3 N–H and O–H groups in total. The van der Waals surface area contributed by atoms with Crippen LogP contribution in [0.1, 0.15) is 35.3 Å². The lowest BCUT2D eigenvalue weighted by molar-refractivity contribution is -0.138. The summed E-state index contributed by atoms with van der Waals surface area (Å²) in [5.74, 6) is -1.88. The topological polar surface area (TPSA) is 95.5 Å². The number of anilines is 1. The van der Waals surface area contributed by atoms with Crippen molar-refractivity contribution >= 4 is 23.5 Å². The van der Waals surface area contributed by atoms with Gasteiger partial charge in [0.15, 0.2) is 0 Å². The van der Waals surface area contributed by atoms with Gasteiger partial charge in [0.2, 0.25) is 5.91 Å². The van der Waals surface area contributed by atoms with Crippen molar-refractivity contribution in [2.75, 3.05) is 5.32 Å². The second kappa shape index (κ2) is 8.98. The molecule has 0 saturated heterocycles. The average Bonchev–Trinajstić information content (AvgIpc) is 2.63. The number of carboxylic acids is 1. The third-order valence-electron chi connectivity index (χ3n) is 4.24. The van der Waals surface area contributed by atoms with Crippen molar-refractivity contribution in [2.24, 2.45) is 5.92 Å². The smallest absolute Gasteiger partial charge is 0.325 e. The maximum atomic E-state index is 12.4. The monoisotopic (exact) mass is 368 g/mol. The largest absolute Gasteiger partial charge is 0.480 e. The van der Waals surface area contributed by atoms with Crippen molar-refractivity contribution in [2.45, 2.75) is 33.2 Å². The highest BCUT2D eigenvalue weighted by Crippen LogP contribution is 2.14. The SMILES string of the molecule is Cc1ccc(CC(C)C(=O)Nc2ccc(C(=O)NC(C)C(=O)O)cc2)cc1. The Labute approximate surface area is 158 Å². The van der Waals surface area contributed by atoms with E-state index in [2.05, 4.69) is 10.6 Å². The molecule has 6 nitrogen and oxygen atoms in total. The fourth-order valence-corrected chi connectivity index (χ4v) is 2.48. The zero-order valence-corrected chi connectivity index (χ0v) is 15.7. The molecule has 0 bridgehead atoms. The third kappa shape index (κ3) is 5.95. The lowest BCUT2D eigenvalue weighted by Gasteiger charge is -2.13. The molecule has 2 unspecified atom stereocenters. The van der Waals surface area contributed by atoms with E-state index in [-0.39, 0.29) is 11.8 Å². The molecule has 0 aliphatic rings. The molecular formula is C21H24N2O4. The molecule has 0 aliphatic carbocycles. The standard InChI is InChI=1S/C21H24N2O4/c1-13-4-6-16(7-5-13)12-14(2)19(24)23-18-10-8-17(9-11-18)20(25)22-15(3)21(26)27/h4-11,14-15H,12H2,1-3H3,(H,22,25)(H,23,24)(H,26,27). The zero-order chi connectivity index (χ0) is 20.0. The molecule has 27 heavy (non-hydrogen) atoms. The molecular weight excluding hydrogens is 344 g/mol. The van der Waals surface area contributed by atoms with Crippen LogP contribution in [0.25, 0.3) is 0 Å². The van der Waals surface area contributed by atoms with E-state index < -0.39 is 17.9 Å². The van der Waals surface area contributed by atoms with E-state index in [1.54, 1.807) is 24.3 Å². The van der Waals surface area contributed by atoms with Gasteiger partial charge in [-0.2, -0.15) is 0 Å². The highest BCUT2D eigenvalue weighted by atomic mass is 16.4. The summed E-state index contributed by atoms with van der Waals surface area (Å²) in [6.07, 6.45) is 0.639. The minimum absolute atomic E-state index is 0.104. The van der Waals surface area contributed by atoms with Gasteiger partial charge in [-0.1, -0.05) is 36.8 Å². The van der Waals surface area contributed by atoms with Crippen molar-refractivity contribution in [1.82, 2.24) is 5.32 Å². The van der Waals surface area contributed by atoms with Crippen LogP contribution < -0.4 is 10.6 Å². The molecule has 0 saturated carbocycles. The minimum atomic E-state index is -1.10. The maximum absolute atomic E-state index is 12.4. The molecule has 142 valence electrons. The van der Waals surface area contributed by atoms with Crippen molar-refractivity contribution in [3.63, 3.8) is 0 Å². The predicted octanol–water partition coefficient (Wildman–Crippen LogP) is 3.02. The fourth-order valence-electron chi connectivity index (χ4n) is 2.48. The molecule has 2 amide bonds. The summed E-state index contributed by atoms with van der Waals surface area (Å²) in [5, 5.41) is 14.0. The zero-order valence-electron chi connectivity index (χ0n) is 15.7. The van der Waals surface area contributed by atoms with Crippen LogP contribution in [-0.4, -0.2) is 28.9 Å². The van der Waals surface area contributed by atoms with E-state index in [0.29, 0.717) is 17.7 Å². The normalized spacial score (nSPS) is 12.7. The van der Waals surface area contributed by atoms with Crippen LogP contribution in [0.15, 0.2) is 48.5 Å². The number of carbonyl (C=O) groups excluding carboxylic acids is 2. The summed E-state index contributed by atoms with van der Waals surface area (Å²) in [7, 11) is 0. The van der Waals surface area contributed by atoms with Gasteiger partial charge in [0.1, 0.15) is 6.04 Å². The molecule has 2 aromatic rings. The minimum Gasteiger partial charge on any atom is -0.480 e. The Morgan fingerprint density at radius 2 is 1.56 bits per heavy atom. The molecule has 2 atom stereocenters. The lowest BCUT2D eigenvalue weighted by Crippen LogP contribution is -2.38. The van der Waals surface area contributed by atoms with Crippen LogP contribution in [0.5, 0.6) is 0 Å². The summed E-state index contributed by atoms with van der Waals surface area (Å²) >= 11 is 0. The molecule has 0 spiro atoms. The molecule has 0 fully saturated rings. The van der Waals surface area contributed by atoms with Gasteiger partial charge in [-0.15, -0.1) is 0 Å². The van der Waals surface area contributed by atoms with Crippen LogP contribution in [0.4, 0.5) is 5.69 Å². The molecule has 0 aliphatic heterocycles. The highest BCUT2D eigenvalue weighted by molar-refractivity contribution is 5.97. The van der Waals surface area contributed by atoms with Gasteiger partial charge in [-0.05, 0) is 50.1 Å². The van der Waals surface area contributed by atoms with Crippen LogP contribution in [0.3, 0.4) is 0 Å². The van der Waals surface area contributed by atoms with E-state index in [4.69, 9.17) is 5.11 Å². The number of benzene rings is 2. The summed E-state index contributed by atoms with van der Waals surface area (Å²) in [5.41, 5.74) is 3.19. The number of amides is 2. The number of aryl methyl sites for hydroxylation is 1. The van der Waals surface area contributed by atoms with Gasteiger partial charge >= 0.3 is 5.97 Å². The van der Waals surface area contributed by atoms with Gasteiger partial charge in [0.25, 0.3) is 5.91 Å². The Bertz CT molecular complexity index is 813. The van der Waals surface area contributed by atoms with Crippen molar-refractivity contribution in [1.29, 1.82) is 0 Å². The van der Waals surface area contributed by atoms with Gasteiger partial charge in [0.05, 0.1) is 0 Å². The number of nitrogens with one attached hydrogen (secondary N) is 2. The van der Waals surface area contributed by atoms with E-state index in [0.717, 1.165) is 5.56 Å². The van der Waals surface area contributed by atoms with E-state index in [1.165, 1.54) is 12.5 Å². The maximum Gasteiger partial charge on any atom is 0.325 e. The number of aliphatic carboxylic acids is 1. The van der Waals surface area contributed by atoms with E-state index in [1.807, 2.05) is 38.1 Å². The molecule has 0 aromatic heterocycles. The van der Waals surface area contributed by atoms with Crippen LogP contribution >= 0.6 is 0 Å². The second-order valence-electron chi connectivity index (χ2n) is 6.69. The lowest BCUT2D eigenvalue weighted by atomic mass is 9.99. The summed E-state index contributed by atoms with van der Waals surface area (Å²) in [6, 6.07) is 13.4. The van der Waals surface area contributed by atoms with Crippen LogP contribution in [-0.2, 0) is 16.0 Å². The molecule has 0 radical (unpaired) electrons. The first-order valence-corrected chi connectivity index (χ1v) is 8.76. The van der Waals surface area contributed by atoms with Crippen molar-refractivity contribution < 1.29 is 19.5 Å². The second-order valence-corrected chi connectivity index (χ2v) is 6.69. The number of hydrogen-bond donors (Lipinski definition) is 3. The highest BCUT2D eigenvalue weighted by Gasteiger charge is 2.16. The van der Waals surface area contributed by atoms with Crippen molar-refractivity contribution in [3.8, 4) is 0 Å². The number of hydrogen-bond acceptors (Lipinski definition) is 3. The first-order valence-electron chi connectivity index (χ1n) is 8.76. The first kappa shape index (κ1) is 20.2. The van der Waals surface area contributed by atoms with E-state index >= 15 is 0 Å². The molecule has 6 heteroatoms. The Balaban J connectivity index is 1.92. The Hall–Kier alpha value is -3.15. The quantitative estimate of drug-likeness (QED) is 0.700. The molecule has 2 aromatic carbocycles. The van der Waals surface area contributed by atoms with Crippen LogP contribution in [0.2, 0.25) is 0 Å². The predicted molar refractivity (Wildman–Crippen MR) is 104 cm³/mol. The third-order valence-corrected chi connectivity index (χ3v) is 4.24. The first-order chi connectivity index (χ1) is 12.8. The Kier molecular flexibility index (Phi) is 6.71. The molecule has 2 rings (SSSR count). The Morgan fingerprint density at radius 1 is 0.963 bits per heavy atom. The van der Waals surface area contributed by atoms with Crippen molar-refractivity contribution in [3.05, 3.63) is 65.2 Å². The van der Waals surface area contributed by atoms with Gasteiger partial charge in [-0.3, -0.25) is 14.4 Å². The average molecular weight is 368 g/mol. The summed E-state index contributed by atoms with van der Waals surface area (Å²) in [4.78, 5) is 35.1. The van der Waals surface area contributed by atoms with Crippen LogP contribution in [0, 0.1) is 12.8 Å². The fraction of sp³-hybridized carbons (Fsp3) is 0.286. The summed E-state index contributed by atoms with van der Waals surface area (Å²) in [6.45, 7) is 5.28. The number of rotatable bonds is 7. The Morgan fingerprint density at radius 3 is 2.11 bits per heavy atom. The van der Waals surface area contributed by atoms with Gasteiger partial charge in [-0.25, -0.2) is 0 Å².